The minimum Gasteiger partial charge on any atom is -0.397 e. The Morgan fingerprint density at radius 3 is 2.95 bits per heavy atom. The molecule has 1 amide bonds. The Balaban J connectivity index is 1.78. The first-order chi connectivity index (χ1) is 9.63. The first-order valence-corrected chi connectivity index (χ1v) is 6.99. The molecule has 20 heavy (non-hydrogen) atoms. The van der Waals surface area contributed by atoms with E-state index in [0.717, 1.165) is 15.2 Å². The molecule has 0 atom stereocenters. The quantitative estimate of drug-likeness (QED) is 0.776. The lowest BCUT2D eigenvalue weighted by molar-refractivity contribution is 0.0780. The van der Waals surface area contributed by atoms with Crippen molar-refractivity contribution in [2.75, 3.05) is 12.8 Å². The third-order valence-electron chi connectivity index (χ3n) is 2.99. The van der Waals surface area contributed by atoms with Crippen molar-refractivity contribution >= 4 is 33.1 Å². The monoisotopic (exact) mass is 286 g/mol. The first kappa shape index (κ1) is 12.7. The lowest BCUT2D eigenvalue weighted by Crippen LogP contribution is -2.26. The Morgan fingerprint density at radius 1 is 1.45 bits per heavy atom. The standard InChI is InChI=1S/C14H14N4OS/c1-18(14(19)11-6-9(15)7-16-11)8-13-17-10-4-2-3-5-12(10)20-13/h2-7,16H,8,15H2,1H3. The van der Waals surface area contributed by atoms with E-state index in [1.807, 2.05) is 24.3 Å². The number of nitrogen functional groups attached to an aromatic ring is 1. The number of benzene rings is 1. The van der Waals surface area contributed by atoms with E-state index in [4.69, 9.17) is 5.73 Å². The number of aromatic amines is 1. The molecule has 2 aromatic heterocycles. The van der Waals surface area contributed by atoms with Crippen LogP contribution in [0.25, 0.3) is 10.2 Å². The molecule has 6 heteroatoms. The van der Waals surface area contributed by atoms with Gasteiger partial charge in [0.1, 0.15) is 10.7 Å². The number of thiazole rings is 1. The normalized spacial score (nSPS) is 10.8. The fourth-order valence-corrected chi connectivity index (χ4v) is 3.02. The maximum Gasteiger partial charge on any atom is 0.270 e. The van der Waals surface area contributed by atoms with Gasteiger partial charge in [0.15, 0.2) is 0 Å². The van der Waals surface area contributed by atoms with Crippen molar-refractivity contribution in [3.8, 4) is 0 Å². The molecule has 0 saturated heterocycles. The van der Waals surface area contributed by atoms with Crippen molar-refractivity contribution in [3.63, 3.8) is 0 Å². The molecule has 1 aromatic carbocycles. The van der Waals surface area contributed by atoms with Crippen molar-refractivity contribution in [2.45, 2.75) is 6.54 Å². The van der Waals surface area contributed by atoms with Gasteiger partial charge in [-0.05, 0) is 18.2 Å². The van der Waals surface area contributed by atoms with Crippen LogP contribution in [0.1, 0.15) is 15.5 Å². The largest absolute Gasteiger partial charge is 0.397 e. The van der Waals surface area contributed by atoms with E-state index in [1.54, 1.807) is 35.5 Å². The number of hydrogen-bond donors (Lipinski definition) is 2. The highest BCUT2D eigenvalue weighted by Crippen LogP contribution is 2.22. The minimum atomic E-state index is -0.0963. The van der Waals surface area contributed by atoms with Gasteiger partial charge in [-0.2, -0.15) is 0 Å². The third-order valence-corrected chi connectivity index (χ3v) is 4.01. The second kappa shape index (κ2) is 4.97. The Morgan fingerprint density at radius 2 is 2.25 bits per heavy atom. The summed E-state index contributed by atoms with van der Waals surface area (Å²) in [5.41, 5.74) is 7.63. The maximum atomic E-state index is 12.2. The summed E-state index contributed by atoms with van der Waals surface area (Å²) in [4.78, 5) is 21.2. The zero-order valence-corrected chi connectivity index (χ0v) is 11.8. The third kappa shape index (κ3) is 2.37. The van der Waals surface area contributed by atoms with Gasteiger partial charge in [0.2, 0.25) is 0 Å². The lowest BCUT2D eigenvalue weighted by Gasteiger charge is -2.14. The van der Waals surface area contributed by atoms with Gasteiger partial charge in [-0.1, -0.05) is 12.1 Å². The van der Waals surface area contributed by atoms with Gasteiger partial charge in [-0.3, -0.25) is 4.79 Å². The molecule has 0 radical (unpaired) electrons. The number of para-hydroxylation sites is 1. The number of anilines is 1. The van der Waals surface area contributed by atoms with E-state index in [0.29, 0.717) is 17.9 Å². The minimum absolute atomic E-state index is 0.0963. The van der Waals surface area contributed by atoms with Crippen LogP contribution in [0.15, 0.2) is 36.5 Å². The molecule has 0 saturated carbocycles. The highest BCUT2D eigenvalue weighted by molar-refractivity contribution is 7.18. The highest BCUT2D eigenvalue weighted by Gasteiger charge is 2.15. The summed E-state index contributed by atoms with van der Waals surface area (Å²) in [7, 11) is 1.76. The molecule has 0 aliphatic rings. The topological polar surface area (TPSA) is 75.0 Å². The molecule has 0 aliphatic heterocycles. The molecular formula is C14H14N4OS. The molecule has 0 unspecified atom stereocenters. The summed E-state index contributed by atoms with van der Waals surface area (Å²) in [6, 6.07) is 9.59. The predicted molar refractivity (Wildman–Crippen MR) is 80.6 cm³/mol. The van der Waals surface area contributed by atoms with Crippen LogP contribution in [0, 0.1) is 0 Å². The molecule has 0 fully saturated rings. The van der Waals surface area contributed by atoms with Crippen molar-refractivity contribution in [1.82, 2.24) is 14.9 Å². The predicted octanol–water partition coefficient (Wildman–Crippen LogP) is 2.48. The van der Waals surface area contributed by atoms with E-state index in [-0.39, 0.29) is 5.91 Å². The van der Waals surface area contributed by atoms with E-state index in [1.165, 1.54) is 0 Å². The van der Waals surface area contributed by atoms with Gasteiger partial charge in [-0.25, -0.2) is 4.98 Å². The SMILES string of the molecule is CN(Cc1nc2ccccc2s1)C(=O)c1cc(N)c[nH]1. The second-order valence-electron chi connectivity index (χ2n) is 4.58. The number of nitrogens with one attached hydrogen (secondary N) is 1. The molecule has 0 bridgehead atoms. The van der Waals surface area contributed by atoms with Crippen LogP contribution in [-0.4, -0.2) is 27.8 Å². The number of nitrogens with zero attached hydrogens (tertiary/aromatic N) is 2. The van der Waals surface area contributed by atoms with Crippen molar-refractivity contribution in [2.24, 2.45) is 0 Å². The van der Waals surface area contributed by atoms with E-state index >= 15 is 0 Å². The molecule has 3 N–H and O–H groups in total. The van der Waals surface area contributed by atoms with Gasteiger partial charge in [0.05, 0.1) is 16.8 Å². The second-order valence-corrected chi connectivity index (χ2v) is 5.70. The smallest absolute Gasteiger partial charge is 0.270 e. The first-order valence-electron chi connectivity index (χ1n) is 6.17. The number of nitrogens with two attached hydrogens (primary N) is 1. The molecule has 3 aromatic rings. The molecule has 3 rings (SSSR count). The number of amides is 1. The molecule has 5 nitrogen and oxygen atoms in total. The van der Waals surface area contributed by atoms with Crippen LogP contribution in [0.3, 0.4) is 0 Å². The Hall–Kier alpha value is -2.34. The number of carbonyl (C=O) groups excluding carboxylic acids is 1. The zero-order valence-electron chi connectivity index (χ0n) is 11.0. The van der Waals surface area contributed by atoms with Crippen molar-refractivity contribution < 1.29 is 4.79 Å². The Labute approximate surface area is 120 Å². The molecule has 2 heterocycles. The highest BCUT2D eigenvalue weighted by atomic mass is 32.1. The van der Waals surface area contributed by atoms with Gasteiger partial charge in [0.25, 0.3) is 5.91 Å². The summed E-state index contributed by atoms with van der Waals surface area (Å²) >= 11 is 1.60. The molecule has 0 aliphatic carbocycles. The maximum absolute atomic E-state index is 12.2. The fraction of sp³-hybridized carbons (Fsp3) is 0.143. The van der Waals surface area contributed by atoms with Crippen LogP contribution in [0.4, 0.5) is 5.69 Å². The van der Waals surface area contributed by atoms with Gasteiger partial charge < -0.3 is 15.6 Å². The van der Waals surface area contributed by atoms with Crippen molar-refractivity contribution in [3.05, 3.63) is 47.2 Å². The van der Waals surface area contributed by atoms with E-state index in [9.17, 15) is 4.79 Å². The van der Waals surface area contributed by atoms with Gasteiger partial charge >= 0.3 is 0 Å². The average Bonchev–Trinajstić information content (AvgIpc) is 3.03. The number of carbonyl (C=O) groups is 1. The molecule has 0 spiro atoms. The number of rotatable bonds is 3. The fourth-order valence-electron chi connectivity index (χ4n) is 2.00. The Kier molecular flexibility index (Phi) is 3.15. The zero-order chi connectivity index (χ0) is 14.1. The average molecular weight is 286 g/mol. The molecular weight excluding hydrogens is 272 g/mol. The summed E-state index contributed by atoms with van der Waals surface area (Å²) in [5, 5.41) is 0.918. The number of aromatic nitrogens is 2. The Bertz CT molecular complexity index is 728. The summed E-state index contributed by atoms with van der Waals surface area (Å²) in [6.07, 6.45) is 1.61. The van der Waals surface area contributed by atoms with Crippen LogP contribution < -0.4 is 5.73 Å². The number of fused-ring (bicyclic) bond motifs is 1. The number of hydrogen-bond acceptors (Lipinski definition) is 4. The van der Waals surface area contributed by atoms with E-state index < -0.39 is 0 Å². The van der Waals surface area contributed by atoms with Crippen LogP contribution >= 0.6 is 11.3 Å². The van der Waals surface area contributed by atoms with E-state index in [2.05, 4.69) is 9.97 Å². The van der Waals surface area contributed by atoms with Crippen LogP contribution in [-0.2, 0) is 6.54 Å². The lowest BCUT2D eigenvalue weighted by atomic mass is 10.3. The van der Waals surface area contributed by atoms with Crippen LogP contribution in [0.5, 0.6) is 0 Å². The summed E-state index contributed by atoms with van der Waals surface area (Å²) in [5.74, 6) is -0.0963. The summed E-state index contributed by atoms with van der Waals surface area (Å²) < 4.78 is 1.13. The number of H-pyrrole nitrogens is 1. The van der Waals surface area contributed by atoms with Crippen LogP contribution in [0.2, 0.25) is 0 Å². The van der Waals surface area contributed by atoms with Gasteiger partial charge in [-0.15, -0.1) is 11.3 Å². The molecule has 102 valence electrons. The van der Waals surface area contributed by atoms with Crippen molar-refractivity contribution in [1.29, 1.82) is 0 Å². The van der Waals surface area contributed by atoms with Gasteiger partial charge in [0, 0.05) is 18.9 Å². The summed E-state index contributed by atoms with van der Waals surface area (Å²) in [6.45, 7) is 0.483.